The summed E-state index contributed by atoms with van der Waals surface area (Å²) in [4.78, 5) is 21.9. The van der Waals surface area contributed by atoms with Gasteiger partial charge >= 0.3 is 0 Å². The van der Waals surface area contributed by atoms with Crippen molar-refractivity contribution in [2.45, 2.75) is 26.4 Å². The highest BCUT2D eigenvalue weighted by atomic mass is 32.1. The lowest BCUT2D eigenvalue weighted by atomic mass is 10.0. The molecule has 0 spiro atoms. The first-order chi connectivity index (χ1) is 11.9. The second-order valence-corrected chi connectivity index (χ2v) is 7.60. The fraction of sp³-hybridized carbons (Fsp3) is 0.235. The summed E-state index contributed by atoms with van der Waals surface area (Å²) < 4.78 is 27.4. The molecule has 0 radical (unpaired) electrons. The summed E-state index contributed by atoms with van der Waals surface area (Å²) in [5.41, 5.74) is 0.944. The van der Waals surface area contributed by atoms with Crippen molar-refractivity contribution < 1.29 is 18.7 Å². The van der Waals surface area contributed by atoms with Crippen LogP contribution in [0.4, 0.5) is 8.78 Å². The Labute approximate surface area is 150 Å². The minimum absolute atomic E-state index is 0.198. The maximum Gasteiger partial charge on any atom is 0.172 e. The number of aliphatic hydroxyl groups is 1. The lowest BCUT2D eigenvalue weighted by Gasteiger charge is -2.11. The number of aromatic nitrogens is 2. The Morgan fingerprint density at radius 2 is 1.92 bits per heavy atom. The quantitative estimate of drug-likeness (QED) is 0.727. The molecule has 0 aliphatic carbocycles. The van der Waals surface area contributed by atoms with Gasteiger partial charge in [-0.25, -0.2) is 18.7 Å². The Kier molecular flexibility index (Phi) is 5.03. The van der Waals surface area contributed by atoms with Gasteiger partial charge in [0, 0.05) is 5.38 Å². The van der Waals surface area contributed by atoms with Crippen LogP contribution in [-0.2, 0) is 11.2 Å². The molecule has 0 fully saturated rings. The Balaban J connectivity index is 1.79. The highest BCUT2D eigenvalue weighted by Gasteiger charge is 2.25. The molecule has 8 heteroatoms. The van der Waals surface area contributed by atoms with Gasteiger partial charge in [-0.15, -0.1) is 22.7 Å². The van der Waals surface area contributed by atoms with E-state index in [0.717, 1.165) is 27.7 Å². The van der Waals surface area contributed by atoms with E-state index in [1.54, 1.807) is 5.38 Å². The van der Waals surface area contributed by atoms with E-state index in [-0.39, 0.29) is 6.42 Å². The van der Waals surface area contributed by atoms with Gasteiger partial charge in [0.1, 0.15) is 22.7 Å². The smallest absolute Gasteiger partial charge is 0.172 e. The van der Waals surface area contributed by atoms with Crippen LogP contribution >= 0.6 is 22.7 Å². The van der Waals surface area contributed by atoms with Crippen molar-refractivity contribution in [3.8, 4) is 10.6 Å². The molecule has 2 heterocycles. The number of ketones is 1. The van der Waals surface area contributed by atoms with E-state index in [2.05, 4.69) is 9.97 Å². The molecular weight excluding hydrogens is 366 g/mol. The number of rotatable bonds is 5. The maximum atomic E-state index is 13.7. The molecule has 1 N–H and O–H groups in total. The van der Waals surface area contributed by atoms with Crippen LogP contribution in [0.1, 0.15) is 27.4 Å². The standard InChI is InChI=1S/C17H14F2N2O2S2/c1-8-17(25-9(2)20-8)12-7-24-14(21-12)6-13(22)16(23)15-10(18)4-3-5-11(15)19/h3-5,7,16,23H,6H2,1-2H3. The molecule has 0 aliphatic rings. The summed E-state index contributed by atoms with van der Waals surface area (Å²) in [6.45, 7) is 3.78. The van der Waals surface area contributed by atoms with Crippen LogP contribution in [0.3, 0.4) is 0 Å². The van der Waals surface area contributed by atoms with E-state index in [4.69, 9.17) is 0 Å². The summed E-state index contributed by atoms with van der Waals surface area (Å²) in [5, 5.41) is 13.2. The summed E-state index contributed by atoms with van der Waals surface area (Å²) in [6.07, 6.45) is -2.06. The molecule has 130 valence electrons. The number of aliphatic hydroxyl groups excluding tert-OH is 1. The van der Waals surface area contributed by atoms with Crippen LogP contribution < -0.4 is 0 Å². The lowest BCUT2D eigenvalue weighted by molar-refractivity contribution is -0.127. The van der Waals surface area contributed by atoms with Crippen LogP contribution in [0.2, 0.25) is 0 Å². The number of benzene rings is 1. The van der Waals surface area contributed by atoms with Crippen molar-refractivity contribution in [2.75, 3.05) is 0 Å². The number of halogens is 2. The Bertz CT molecular complexity index is 916. The number of thiazole rings is 2. The minimum Gasteiger partial charge on any atom is -0.380 e. The fourth-order valence-corrected chi connectivity index (χ4v) is 4.19. The summed E-state index contributed by atoms with van der Waals surface area (Å²) in [5.74, 6) is -2.60. The molecule has 25 heavy (non-hydrogen) atoms. The molecule has 1 aromatic carbocycles. The van der Waals surface area contributed by atoms with Crippen molar-refractivity contribution >= 4 is 28.5 Å². The molecule has 1 atom stereocenters. The van der Waals surface area contributed by atoms with Gasteiger partial charge in [-0.1, -0.05) is 6.07 Å². The molecule has 3 rings (SSSR count). The summed E-state index contributed by atoms with van der Waals surface area (Å²) >= 11 is 2.77. The van der Waals surface area contributed by atoms with Gasteiger partial charge in [-0.05, 0) is 26.0 Å². The van der Waals surface area contributed by atoms with Gasteiger partial charge in [-0.3, -0.25) is 4.79 Å². The van der Waals surface area contributed by atoms with Crippen molar-refractivity contribution in [1.82, 2.24) is 9.97 Å². The van der Waals surface area contributed by atoms with Crippen LogP contribution in [0.5, 0.6) is 0 Å². The monoisotopic (exact) mass is 380 g/mol. The van der Waals surface area contributed by atoms with E-state index in [9.17, 15) is 18.7 Å². The highest BCUT2D eigenvalue weighted by molar-refractivity contribution is 7.16. The van der Waals surface area contributed by atoms with E-state index >= 15 is 0 Å². The third kappa shape index (κ3) is 3.65. The zero-order valence-corrected chi connectivity index (χ0v) is 15.0. The first-order valence-corrected chi connectivity index (χ1v) is 9.10. The SMILES string of the molecule is Cc1nc(C)c(-c2csc(CC(=O)C(O)c3c(F)cccc3F)n2)s1. The zero-order chi connectivity index (χ0) is 18.1. The Morgan fingerprint density at radius 3 is 2.52 bits per heavy atom. The summed E-state index contributed by atoms with van der Waals surface area (Å²) in [7, 11) is 0. The number of Topliss-reactive ketones (excluding diaryl/α,β-unsaturated/α-hetero) is 1. The third-order valence-corrected chi connectivity index (χ3v) is 5.54. The van der Waals surface area contributed by atoms with Crippen LogP contribution in [0.25, 0.3) is 10.6 Å². The number of aryl methyl sites for hydroxylation is 2. The highest BCUT2D eigenvalue weighted by Crippen LogP contribution is 2.31. The average molecular weight is 380 g/mol. The van der Waals surface area contributed by atoms with Crippen molar-refractivity contribution in [1.29, 1.82) is 0 Å². The molecule has 4 nitrogen and oxygen atoms in total. The number of carbonyl (C=O) groups is 1. The predicted octanol–water partition coefficient (Wildman–Crippen LogP) is 4.01. The molecule has 1 unspecified atom stereocenters. The maximum absolute atomic E-state index is 13.7. The predicted molar refractivity (Wildman–Crippen MR) is 92.7 cm³/mol. The number of nitrogens with zero attached hydrogens (tertiary/aromatic N) is 2. The number of hydrogen-bond donors (Lipinski definition) is 1. The normalized spacial score (nSPS) is 12.4. The van der Waals surface area contributed by atoms with Gasteiger partial charge < -0.3 is 5.11 Å². The van der Waals surface area contributed by atoms with Crippen LogP contribution in [0, 0.1) is 25.5 Å². The molecule has 0 saturated carbocycles. The first-order valence-electron chi connectivity index (χ1n) is 7.40. The van der Waals surface area contributed by atoms with Gasteiger partial charge in [0.2, 0.25) is 0 Å². The molecular formula is C17H14F2N2O2S2. The topological polar surface area (TPSA) is 63.1 Å². The van der Waals surface area contributed by atoms with Crippen LogP contribution in [-0.4, -0.2) is 20.9 Å². The molecule has 0 aliphatic heterocycles. The summed E-state index contributed by atoms with van der Waals surface area (Å²) in [6, 6.07) is 3.19. The average Bonchev–Trinajstić information content (AvgIpc) is 3.12. The number of hydrogen-bond acceptors (Lipinski definition) is 6. The van der Waals surface area contributed by atoms with E-state index in [1.165, 1.54) is 28.7 Å². The zero-order valence-electron chi connectivity index (χ0n) is 13.4. The molecule has 0 saturated heterocycles. The van der Waals surface area contributed by atoms with Crippen molar-refractivity contribution in [3.63, 3.8) is 0 Å². The van der Waals surface area contributed by atoms with Gasteiger partial charge in [-0.2, -0.15) is 0 Å². The van der Waals surface area contributed by atoms with Gasteiger partial charge in [0.25, 0.3) is 0 Å². The van der Waals surface area contributed by atoms with E-state index < -0.39 is 29.1 Å². The largest absolute Gasteiger partial charge is 0.380 e. The first kappa shape index (κ1) is 17.8. The molecule has 0 bridgehead atoms. The second-order valence-electron chi connectivity index (χ2n) is 5.45. The van der Waals surface area contributed by atoms with Gasteiger partial charge in [0.15, 0.2) is 5.78 Å². The Hall–Kier alpha value is -2.03. The third-order valence-electron chi connectivity index (χ3n) is 3.59. The van der Waals surface area contributed by atoms with Crippen LogP contribution in [0.15, 0.2) is 23.6 Å². The minimum atomic E-state index is -1.86. The van der Waals surface area contributed by atoms with E-state index in [1.807, 2.05) is 13.8 Å². The molecule has 3 aromatic rings. The van der Waals surface area contributed by atoms with Crippen molar-refractivity contribution in [2.24, 2.45) is 0 Å². The molecule has 0 amide bonds. The second kappa shape index (κ2) is 7.07. The van der Waals surface area contributed by atoms with E-state index in [0.29, 0.717) is 10.7 Å². The fourth-order valence-electron chi connectivity index (χ4n) is 2.44. The lowest BCUT2D eigenvalue weighted by Crippen LogP contribution is -2.17. The molecule has 2 aromatic heterocycles. The van der Waals surface area contributed by atoms with Crippen molar-refractivity contribution in [3.05, 3.63) is 56.5 Å². The number of carbonyl (C=O) groups excluding carboxylic acids is 1. The van der Waals surface area contributed by atoms with Gasteiger partial charge in [0.05, 0.1) is 33.3 Å². The Morgan fingerprint density at radius 1 is 1.24 bits per heavy atom.